The lowest BCUT2D eigenvalue weighted by atomic mass is 9.52. The molecule has 3 nitrogen and oxygen atoms in total. The monoisotopic (exact) mass is 324 g/mol. The Hall–Kier alpha value is -1.35. The standard InChI is InChI=1S/C21H28N2O/c22-20(24)16-7-6-15-12-19-17-3-1-2-8-21(17,18(15)11-16)9-10-23(19)13-14-4-5-14/h6-7,11,14,17,19H,1-5,8-10,12-13H2,(H2,22,24)/t17?,19-,21-/m1/s1. The normalized spacial score (nSPS) is 35.2. The molecule has 2 N–H and O–H groups in total. The van der Waals surface area contributed by atoms with Crippen LogP contribution in [-0.2, 0) is 11.8 Å². The Bertz CT molecular complexity index is 680. The summed E-state index contributed by atoms with van der Waals surface area (Å²) in [6.07, 6.45) is 10.7. The van der Waals surface area contributed by atoms with E-state index >= 15 is 0 Å². The number of benzene rings is 1. The first-order chi connectivity index (χ1) is 11.7. The number of piperidine rings is 1. The lowest BCUT2D eigenvalue weighted by Gasteiger charge is -2.59. The third-order valence-electron chi connectivity index (χ3n) is 7.43. The van der Waals surface area contributed by atoms with Crippen LogP contribution < -0.4 is 5.73 Å². The minimum absolute atomic E-state index is 0.283. The molecular formula is C21H28N2O. The molecule has 4 aliphatic rings. The van der Waals surface area contributed by atoms with Crippen LogP contribution in [0.2, 0.25) is 0 Å². The first kappa shape index (κ1) is 14.9. The van der Waals surface area contributed by atoms with Crippen molar-refractivity contribution in [2.45, 2.75) is 62.8 Å². The van der Waals surface area contributed by atoms with E-state index in [-0.39, 0.29) is 5.91 Å². The summed E-state index contributed by atoms with van der Waals surface area (Å²) in [7, 11) is 0. The Balaban J connectivity index is 1.58. The number of fused-ring (bicyclic) bond motifs is 1. The average Bonchev–Trinajstić information content (AvgIpc) is 3.41. The molecule has 1 unspecified atom stereocenters. The van der Waals surface area contributed by atoms with Gasteiger partial charge in [-0.1, -0.05) is 18.9 Å². The number of hydrogen-bond donors (Lipinski definition) is 1. The Labute approximate surface area is 144 Å². The molecule has 3 aliphatic carbocycles. The molecule has 24 heavy (non-hydrogen) atoms. The lowest BCUT2D eigenvalue weighted by Crippen LogP contribution is -2.61. The molecule has 1 heterocycles. The van der Waals surface area contributed by atoms with Gasteiger partial charge in [0, 0.05) is 23.6 Å². The minimum Gasteiger partial charge on any atom is -0.366 e. The number of amides is 1. The van der Waals surface area contributed by atoms with E-state index in [1.54, 1.807) is 0 Å². The van der Waals surface area contributed by atoms with Gasteiger partial charge in [0.2, 0.25) is 5.91 Å². The fourth-order valence-corrected chi connectivity index (χ4v) is 6.10. The molecule has 2 bridgehead atoms. The van der Waals surface area contributed by atoms with Crippen LogP contribution in [0.4, 0.5) is 0 Å². The molecular weight excluding hydrogens is 296 g/mol. The van der Waals surface area contributed by atoms with E-state index in [1.807, 2.05) is 6.07 Å². The molecule has 0 spiro atoms. The summed E-state index contributed by atoms with van der Waals surface area (Å²) >= 11 is 0. The fourth-order valence-electron chi connectivity index (χ4n) is 6.10. The number of nitrogens with two attached hydrogens (primary N) is 1. The van der Waals surface area contributed by atoms with Gasteiger partial charge in [-0.25, -0.2) is 0 Å². The molecule has 1 aromatic carbocycles. The average molecular weight is 324 g/mol. The predicted octanol–water partition coefficient (Wildman–Crippen LogP) is 3.25. The minimum atomic E-state index is -0.283. The quantitative estimate of drug-likeness (QED) is 0.927. The number of hydrogen-bond acceptors (Lipinski definition) is 2. The van der Waals surface area contributed by atoms with Gasteiger partial charge in [0.05, 0.1) is 0 Å². The molecule has 3 atom stereocenters. The Morgan fingerprint density at radius 1 is 1.21 bits per heavy atom. The van der Waals surface area contributed by atoms with E-state index in [4.69, 9.17) is 5.73 Å². The number of carbonyl (C=O) groups is 1. The summed E-state index contributed by atoms with van der Waals surface area (Å²) < 4.78 is 0. The number of primary amides is 1. The van der Waals surface area contributed by atoms with Crippen molar-refractivity contribution in [2.75, 3.05) is 13.1 Å². The van der Waals surface area contributed by atoms with Gasteiger partial charge in [-0.2, -0.15) is 0 Å². The van der Waals surface area contributed by atoms with Crippen LogP contribution in [0.25, 0.3) is 0 Å². The highest BCUT2D eigenvalue weighted by Gasteiger charge is 2.54. The number of nitrogens with zero attached hydrogens (tertiary/aromatic N) is 1. The lowest BCUT2D eigenvalue weighted by molar-refractivity contribution is -0.0133. The van der Waals surface area contributed by atoms with Gasteiger partial charge < -0.3 is 5.73 Å². The molecule has 1 amide bonds. The zero-order valence-corrected chi connectivity index (χ0v) is 14.5. The van der Waals surface area contributed by atoms with E-state index in [0.717, 1.165) is 17.9 Å². The van der Waals surface area contributed by atoms with Crippen molar-refractivity contribution >= 4 is 5.91 Å². The van der Waals surface area contributed by atoms with Crippen molar-refractivity contribution in [2.24, 2.45) is 17.6 Å². The second-order valence-electron chi connectivity index (χ2n) is 8.70. The topological polar surface area (TPSA) is 46.3 Å². The maximum atomic E-state index is 11.7. The zero-order chi connectivity index (χ0) is 16.3. The molecule has 0 aromatic heterocycles. The van der Waals surface area contributed by atoms with Crippen LogP contribution in [-0.4, -0.2) is 29.9 Å². The third kappa shape index (κ3) is 2.17. The molecule has 2 saturated carbocycles. The molecule has 3 heteroatoms. The smallest absolute Gasteiger partial charge is 0.248 e. The van der Waals surface area contributed by atoms with Crippen molar-refractivity contribution in [1.29, 1.82) is 0 Å². The van der Waals surface area contributed by atoms with Crippen molar-refractivity contribution in [1.82, 2.24) is 4.90 Å². The second-order valence-corrected chi connectivity index (χ2v) is 8.70. The largest absolute Gasteiger partial charge is 0.366 e. The zero-order valence-electron chi connectivity index (χ0n) is 14.5. The van der Waals surface area contributed by atoms with E-state index in [2.05, 4.69) is 17.0 Å². The van der Waals surface area contributed by atoms with Crippen molar-refractivity contribution < 1.29 is 4.79 Å². The van der Waals surface area contributed by atoms with Crippen molar-refractivity contribution in [3.05, 3.63) is 34.9 Å². The van der Waals surface area contributed by atoms with Crippen LogP contribution in [0.3, 0.4) is 0 Å². The highest BCUT2D eigenvalue weighted by atomic mass is 16.1. The van der Waals surface area contributed by atoms with E-state index < -0.39 is 0 Å². The summed E-state index contributed by atoms with van der Waals surface area (Å²) in [5.41, 5.74) is 9.57. The summed E-state index contributed by atoms with van der Waals surface area (Å²) in [6.45, 7) is 2.57. The van der Waals surface area contributed by atoms with Crippen LogP contribution in [0.15, 0.2) is 18.2 Å². The summed E-state index contributed by atoms with van der Waals surface area (Å²) in [5.74, 6) is 1.48. The van der Waals surface area contributed by atoms with E-state index in [1.165, 1.54) is 75.6 Å². The Kier molecular flexibility index (Phi) is 3.31. The molecule has 1 saturated heterocycles. The highest BCUT2D eigenvalue weighted by Crippen LogP contribution is 2.56. The maximum Gasteiger partial charge on any atom is 0.248 e. The van der Waals surface area contributed by atoms with Gasteiger partial charge >= 0.3 is 0 Å². The molecule has 1 aromatic rings. The third-order valence-corrected chi connectivity index (χ3v) is 7.43. The molecule has 0 radical (unpaired) electrons. The SMILES string of the molecule is NC(=O)c1ccc2c(c1)[C@@]13CCCCC1[C@@H](C2)N(CC1CC1)CC3. The van der Waals surface area contributed by atoms with Crippen LogP contribution in [0, 0.1) is 11.8 Å². The maximum absolute atomic E-state index is 11.7. The summed E-state index contributed by atoms with van der Waals surface area (Å²) in [6, 6.07) is 7.03. The first-order valence-electron chi connectivity index (χ1n) is 9.85. The van der Waals surface area contributed by atoms with E-state index in [9.17, 15) is 4.79 Å². The van der Waals surface area contributed by atoms with E-state index in [0.29, 0.717) is 11.0 Å². The Morgan fingerprint density at radius 2 is 2.08 bits per heavy atom. The number of likely N-dealkylation sites (tertiary alicyclic amines) is 1. The molecule has 3 fully saturated rings. The second kappa shape index (κ2) is 5.32. The van der Waals surface area contributed by atoms with Gasteiger partial charge in [-0.15, -0.1) is 0 Å². The number of rotatable bonds is 3. The predicted molar refractivity (Wildman–Crippen MR) is 95.0 cm³/mol. The van der Waals surface area contributed by atoms with Crippen molar-refractivity contribution in [3.63, 3.8) is 0 Å². The van der Waals surface area contributed by atoms with Crippen molar-refractivity contribution in [3.8, 4) is 0 Å². The molecule has 128 valence electrons. The van der Waals surface area contributed by atoms with Crippen LogP contribution in [0.5, 0.6) is 0 Å². The molecule has 1 aliphatic heterocycles. The summed E-state index contributed by atoms with van der Waals surface area (Å²) in [5, 5.41) is 0. The first-order valence-corrected chi connectivity index (χ1v) is 9.85. The number of carbonyl (C=O) groups excluding carboxylic acids is 1. The van der Waals surface area contributed by atoms with Crippen LogP contribution >= 0.6 is 0 Å². The van der Waals surface area contributed by atoms with Gasteiger partial charge in [0.25, 0.3) is 0 Å². The van der Waals surface area contributed by atoms with Gasteiger partial charge in [-0.05, 0) is 80.2 Å². The summed E-state index contributed by atoms with van der Waals surface area (Å²) in [4.78, 5) is 14.5. The van der Waals surface area contributed by atoms with Gasteiger partial charge in [-0.3, -0.25) is 9.69 Å². The highest BCUT2D eigenvalue weighted by molar-refractivity contribution is 5.93. The molecule has 5 rings (SSSR count). The van der Waals surface area contributed by atoms with Gasteiger partial charge in [0.15, 0.2) is 0 Å². The fraction of sp³-hybridized carbons (Fsp3) is 0.667. The Morgan fingerprint density at radius 3 is 2.88 bits per heavy atom. The van der Waals surface area contributed by atoms with Crippen LogP contribution in [0.1, 0.15) is 66.4 Å². The van der Waals surface area contributed by atoms with Gasteiger partial charge in [0.1, 0.15) is 0 Å².